The molecular weight excluding hydrogens is 343 g/mol. The molecule has 2 saturated carbocycles. The molecule has 0 radical (unpaired) electrons. The maximum absolute atomic E-state index is 12.9. The standard InChI is InChI=1S/C16H19BrF3N/c17-13-7-12(16(18,19)20)8-15(9-13)21-14-3-1-2-11(6-14)10-4-5-10/h7-11,14,21H,1-6H2. The van der Waals surface area contributed by atoms with E-state index in [0.717, 1.165) is 30.7 Å². The van der Waals surface area contributed by atoms with Gasteiger partial charge in [0, 0.05) is 16.2 Å². The molecule has 21 heavy (non-hydrogen) atoms. The average Bonchev–Trinajstić information content (AvgIpc) is 3.21. The highest BCUT2D eigenvalue weighted by Crippen LogP contribution is 2.44. The van der Waals surface area contributed by atoms with Crippen LogP contribution in [0.4, 0.5) is 18.9 Å². The zero-order chi connectivity index (χ0) is 15.0. The Balaban J connectivity index is 1.70. The van der Waals surface area contributed by atoms with Crippen LogP contribution in [0, 0.1) is 11.8 Å². The molecule has 0 heterocycles. The minimum atomic E-state index is -4.30. The third-order valence-corrected chi connectivity index (χ3v) is 5.06. The summed E-state index contributed by atoms with van der Waals surface area (Å²) in [7, 11) is 0. The number of nitrogens with one attached hydrogen (secondary N) is 1. The molecule has 2 atom stereocenters. The lowest BCUT2D eigenvalue weighted by molar-refractivity contribution is -0.137. The molecule has 1 nitrogen and oxygen atoms in total. The fourth-order valence-corrected chi connectivity index (χ4v) is 3.92. The number of anilines is 1. The van der Waals surface area contributed by atoms with Gasteiger partial charge in [0.2, 0.25) is 0 Å². The molecule has 0 aliphatic heterocycles. The van der Waals surface area contributed by atoms with Crippen LogP contribution < -0.4 is 5.32 Å². The van der Waals surface area contributed by atoms with Crippen molar-refractivity contribution in [3.63, 3.8) is 0 Å². The Kier molecular flexibility index (Phi) is 4.21. The Morgan fingerprint density at radius 3 is 2.43 bits per heavy atom. The third kappa shape index (κ3) is 3.93. The Bertz CT molecular complexity index is 511. The van der Waals surface area contributed by atoms with Crippen LogP contribution in [-0.4, -0.2) is 6.04 Å². The van der Waals surface area contributed by atoms with Gasteiger partial charge in [-0.2, -0.15) is 13.2 Å². The number of benzene rings is 1. The molecule has 0 saturated heterocycles. The van der Waals surface area contributed by atoms with E-state index >= 15 is 0 Å². The maximum atomic E-state index is 12.9. The van der Waals surface area contributed by atoms with E-state index in [1.807, 2.05) is 0 Å². The van der Waals surface area contributed by atoms with Gasteiger partial charge in [-0.1, -0.05) is 28.8 Å². The van der Waals surface area contributed by atoms with Crippen molar-refractivity contribution in [1.29, 1.82) is 0 Å². The summed E-state index contributed by atoms with van der Waals surface area (Å²) in [6, 6.07) is 4.38. The molecule has 0 amide bonds. The second-order valence-corrected chi connectivity index (χ2v) is 7.25. The molecular formula is C16H19BrF3N. The van der Waals surface area contributed by atoms with Crippen molar-refractivity contribution in [2.24, 2.45) is 11.8 Å². The van der Waals surface area contributed by atoms with Crippen LogP contribution in [0.3, 0.4) is 0 Å². The van der Waals surface area contributed by atoms with Crippen molar-refractivity contribution >= 4 is 21.6 Å². The van der Waals surface area contributed by atoms with Gasteiger partial charge >= 0.3 is 6.18 Å². The molecule has 1 aromatic rings. The van der Waals surface area contributed by atoms with E-state index in [9.17, 15) is 13.2 Å². The van der Waals surface area contributed by atoms with E-state index < -0.39 is 11.7 Å². The van der Waals surface area contributed by atoms with Crippen LogP contribution in [0.2, 0.25) is 0 Å². The van der Waals surface area contributed by atoms with Crippen LogP contribution >= 0.6 is 15.9 Å². The fraction of sp³-hybridized carbons (Fsp3) is 0.625. The second kappa shape index (κ2) is 5.82. The normalized spacial score (nSPS) is 26.7. The van der Waals surface area contributed by atoms with Gasteiger partial charge in [0.1, 0.15) is 0 Å². The summed E-state index contributed by atoms with van der Waals surface area (Å²) in [6.07, 6.45) is 2.99. The molecule has 0 aromatic heterocycles. The van der Waals surface area contributed by atoms with Crippen molar-refractivity contribution in [3.05, 3.63) is 28.2 Å². The predicted octanol–water partition coefficient (Wildman–Crippen LogP) is 5.85. The Labute approximate surface area is 131 Å². The molecule has 116 valence electrons. The summed E-state index contributed by atoms with van der Waals surface area (Å²) in [4.78, 5) is 0. The lowest BCUT2D eigenvalue weighted by atomic mass is 9.82. The van der Waals surface area contributed by atoms with Gasteiger partial charge in [-0.05, 0) is 55.7 Å². The highest BCUT2D eigenvalue weighted by molar-refractivity contribution is 9.10. The molecule has 2 aliphatic carbocycles. The minimum absolute atomic E-state index is 0.305. The maximum Gasteiger partial charge on any atom is 0.416 e. The smallest absolute Gasteiger partial charge is 0.382 e. The average molecular weight is 362 g/mol. The van der Waals surface area contributed by atoms with Crippen molar-refractivity contribution in [3.8, 4) is 0 Å². The van der Waals surface area contributed by atoms with E-state index in [1.165, 1.54) is 31.7 Å². The summed E-state index contributed by atoms with van der Waals surface area (Å²) in [6.45, 7) is 0. The van der Waals surface area contributed by atoms with Crippen molar-refractivity contribution in [2.45, 2.75) is 50.7 Å². The van der Waals surface area contributed by atoms with Gasteiger partial charge in [0.15, 0.2) is 0 Å². The quantitative estimate of drug-likeness (QED) is 0.711. The van der Waals surface area contributed by atoms with Crippen LogP contribution in [-0.2, 0) is 6.18 Å². The number of alkyl halides is 3. The number of halogens is 4. The van der Waals surface area contributed by atoms with E-state index in [4.69, 9.17) is 0 Å². The van der Waals surface area contributed by atoms with Gasteiger partial charge in [0.05, 0.1) is 5.56 Å². The van der Waals surface area contributed by atoms with E-state index in [2.05, 4.69) is 21.2 Å². The van der Waals surface area contributed by atoms with Crippen LogP contribution in [0.1, 0.15) is 44.1 Å². The lowest BCUT2D eigenvalue weighted by Crippen LogP contribution is -2.28. The molecule has 0 spiro atoms. The van der Waals surface area contributed by atoms with Crippen molar-refractivity contribution in [1.82, 2.24) is 0 Å². The van der Waals surface area contributed by atoms with Crippen molar-refractivity contribution < 1.29 is 13.2 Å². The largest absolute Gasteiger partial charge is 0.416 e. The molecule has 2 fully saturated rings. The van der Waals surface area contributed by atoms with E-state index in [0.29, 0.717) is 16.2 Å². The molecule has 5 heteroatoms. The third-order valence-electron chi connectivity index (χ3n) is 4.60. The molecule has 2 unspecified atom stereocenters. The predicted molar refractivity (Wildman–Crippen MR) is 81.2 cm³/mol. The number of hydrogen-bond donors (Lipinski definition) is 1. The van der Waals surface area contributed by atoms with Gasteiger partial charge in [-0.15, -0.1) is 0 Å². The Morgan fingerprint density at radius 2 is 1.76 bits per heavy atom. The molecule has 0 bridgehead atoms. The summed E-state index contributed by atoms with van der Waals surface area (Å²) < 4.78 is 39.0. The van der Waals surface area contributed by atoms with Gasteiger partial charge < -0.3 is 5.32 Å². The van der Waals surface area contributed by atoms with E-state index in [-0.39, 0.29) is 0 Å². The first-order valence-corrected chi connectivity index (χ1v) is 8.35. The monoisotopic (exact) mass is 361 g/mol. The summed E-state index contributed by atoms with van der Waals surface area (Å²) in [5, 5.41) is 3.32. The SMILES string of the molecule is FC(F)(F)c1cc(Br)cc(NC2CCCC(C3CC3)C2)c1. The second-order valence-electron chi connectivity index (χ2n) is 6.33. The molecule has 3 rings (SSSR count). The zero-order valence-corrected chi connectivity index (χ0v) is 13.3. The van der Waals surface area contributed by atoms with Crippen LogP contribution in [0.15, 0.2) is 22.7 Å². The van der Waals surface area contributed by atoms with Crippen molar-refractivity contribution in [2.75, 3.05) is 5.32 Å². The highest BCUT2D eigenvalue weighted by Gasteiger charge is 2.35. The van der Waals surface area contributed by atoms with Gasteiger partial charge in [0.25, 0.3) is 0 Å². The number of hydrogen-bond acceptors (Lipinski definition) is 1. The first-order chi connectivity index (χ1) is 9.91. The molecule has 2 aliphatic rings. The summed E-state index contributed by atoms with van der Waals surface area (Å²) in [5.41, 5.74) is -0.0351. The number of rotatable bonds is 3. The topological polar surface area (TPSA) is 12.0 Å². The van der Waals surface area contributed by atoms with E-state index in [1.54, 1.807) is 6.07 Å². The molecule has 1 aromatic carbocycles. The fourth-order valence-electron chi connectivity index (χ4n) is 3.43. The first kappa shape index (κ1) is 15.2. The zero-order valence-electron chi connectivity index (χ0n) is 11.7. The van der Waals surface area contributed by atoms with Crippen LogP contribution in [0.25, 0.3) is 0 Å². The summed E-state index contributed by atoms with van der Waals surface area (Å²) in [5.74, 6) is 1.65. The lowest BCUT2D eigenvalue weighted by Gasteiger charge is -2.30. The Hall–Kier alpha value is -0.710. The van der Waals surface area contributed by atoms with Gasteiger partial charge in [-0.3, -0.25) is 0 Å². The van der Waals surface area contributed by atoms with Crippen LogP contribution in [0.5, 0.6) is 0 Å². The molecule has 1 N–H and O–H groups in total. The first-order valence-electron chi connectivity index (χ1n) is 7.56. The highest BCUT2D eigenvalue weighted by atomic mass is 79.9. The van der Waals surface area contributed by atoms with Gasteiger partial charge in [-0.25, -0.2) is 0 Å². The minimum Gasteiger partial charge on any atom is -0.382 e. The Morgan fingerprint density at radius 1 is 1.00 bits per heavy atom. The summed E-state index contributed by atoms with van der Waals surface area (Å²) >= 11 is 3.18.